The van der Waals surface area contributed by atoms with Crippen LogP contribution in [0.25, 0.3) is 0 Å². The highest BCUT2D eigenvalue weighted by Crippen LogP contribution is 2.45. The number of hydrogen-bond donors (Lipinski definition) is 2. The number of amides is 1. The minimum Gasteiger partial charge on any atom is -0.381 e. The van der Waals surface area contributed by atoms with Crippen molar-refractivity contribution in [3.05, 3.63) is 35.4 Å². The summed E-state index contributed by atoms with van der Waals surface area (Å²) in [4.78, 5) is 12.7. The first-order valence-corrected chi connectivity index (χ1v) is 12.5. The first-order chi connectivity index (χ1) is 15.3. The van der Waals surface area contributed by atoms with E-state index in [1.807, 2.05) is 36.7 Å². The Kier molecular flexibility index (Phi) is 8.77. The highest BCUT2D eigenvalue weighted by molar-refractivity contribution is 8.14. The normalized spacial score (nSPS) is 21.4. The van der Waals surface area contributed by atoms with Gasteiger partial charge in [0.15, 0.2) is 0 Å². The van der Waals surface area contributed by atoms with Gasteiger partial charge in [-0.3, -0.25) is 14.3 Å². The first-order valence-electron chi connectivity index (χ1n) is 11.2. The molecule has 1 aromatic carbocycles. The van der Waals surface area contributed by atoms with Crippen molar-refractivity contribution in [3.8, 4) is 0 Å². The standard InChI is InChI=1S/C23H33F3N2O3S/c1-2-32(22(21(29)27-30)12-16-31-17-13-22)28-14-9-20(10-15-28)19-7-5-18(6-8-19)4-3-11-23(24,25)26/h2,5-8,20,30H,3-4,9-17H2,1H3,(H,27,29). The predicted octanol–water partition coefficient (Wildman–Crippen LogP) is 4.81. The monoisotopic (exact) mass is 474 g/mol. The van der Waals surface area contributed by atoms with Gasteiger partial charge in [0, 0.05) is 32.7 Å². The van der Waals surface area contributed by atoms with E-state index in [0.717, 1.165) is 31.5 Å². The van der Waals surface area contributed by atoms with Crippen LogP contribution in [-0.4, -0.2) is 58.0 Å². The lowest BCUT2D eigenvalue weighted by Crippen LogP contribution is -2.51. The third kappa shape index (κ3) is 6.12. The summed E-state index contributed by atoms with van der Waals surface area (Å²) in [6.07, 6.45) is -1.20. The summed E-state index contributed by atoms with van der Waals surface area (Å²) >= 11 is 0. The van der Waals surface area contributed by atoms with Crippen molar-refractivity contribution in [1.82, 2.24) is 9.79 Å². The predicted molar refractivity (Wildman–Crippen MR) is 121 cm³/mol. The highest BCUT2D eigenvalue weighted by Gasteiger charge is 2.45. The van der Waals surface area contributed by atoms with Crippen LogP contribution in [0.3, 0.4) is 0 Å². The van der Waals surface area contributed by atoms with Gasteiger partial charge in [0.2, 0.25) is 0 Å². The number of aryl methyl sites for hydroxylation is 1. The van der Waals surface area contributed by atoms with Gasteiger partial charge in [0.05, 0.1) is 0 Å². The van der Waals surface area contributed by atoms with Gasteiger partial charge in [-0.25, -0.2) is 5.48 Å². The van der Waals surface area contributed by atoms with Crippen LogP contribution in [0.5, 0.6) is 0 Å². The van der Waals surface area contributed by atoms with E-state index in [9.17, 15) is 23.2 Å². The molecular formula is C23H33F3N2O3S. The van der Waals surface area contributed by atoms with E-state index < -0.39 is 28.0 Å². The molecule has 2 fully saturated rings. The molecule has 180 valence electrons. The van der Waals surface area contributed by atoms with Crippen molar-refractivity contribution in [2.45, 2.75) is 68.7 Å². The Morgan fingerprint density at radius 2 is 1.88 bits per heavy atom. The molecule has 2 aliphatic heterocycles. The highest BCUT2D eigenvalue weighted by atomic mass is 32.2. The maximum atomic E-state index is 12.7. The van der Waals surface area contributed by atoms with Crippen LogP contribution in [0.1, 0.15) is 62.5 Å². The van der Waals surface area contributed by atoms with Crippen LogP contribution in [0.15, 0.2) is 24.3 Å². The second-order valence-electron chi connectivity index (χ2n) is 8.51. The summed E-state index contributed by atoms with van der Waals surface area (Å²) < 4.78 is 44.2. The molecule has 1 aromatic rings. The number of piperidine rings is 1. The molecule has 1 atom stereocenters. The zero-order valence-electron chi connectivity index (χ0n) is 18.5. The minimum absolute atomic E-state index is 0.116. The molecule has 2 N–H and O–H groups in total. The molecule has 2 heterocycles. The Labute approximate surface area is 190 Å². The molecule has 0 bridgehead atoms. The summed E-state index contributed by atoms with van der Waals surface area (Å²) in [7, 11) is -0.415. The Bertz CT molecular complexity index is 785. The maximum absolute atomic E-state index is 12.7. The molecule has 3 rings (SSSR count). The second-order valence-corrected chi connectivity index (χ2v) is 10.9. The quantitative estimate of drug-likeness (QED) is 0.338. The van der Waals surface area contributed by atoms with Crippen LogP contribution in [-0.2, 0) is 16.0 Å². The Hall–Kier alpha value is -1.42. The smallest absolute Gasteiger partial charge is 0.381 e. The fraction of sp³-hybridized carbons (Fsp3) is 0.652. The Morgan fingerprint density at radius 1 is 1.25 bits per heavy atom. The maximum Gasteiger partial charge on any atom is 0.389 e. The average molecular weight is 475 g/mol. The largest absolute Gasteiger partial charge is 0.389 e. The third-order valence-electron chi connectivity index (χ3n) is 6.55. The summed E-state index contributed by atoms with van der Waals surface area (Å²) in [6.45, 7) is 4.71. The van der Waals surface area contributed by atoms with Crippen molar-refractivity contribution in [2.75, 3.05) is 26.3 Å². The van der Waals surface area contributed by atoms with Crippen molar-refractivity contribution in [3.63, 3.8) is 0 Å². The number of hydrogen-bond acceptors (Lipinski definition) is 4. The van der Waals surface area contributed by atoms with Gasteiger partial charge in [0.25, 0.3) is 5.91 Å². The lowest BCUT2D eigenvalue weighted by Gasteiger charge is -2.44. The first kappa shape index (κ1) is 25.2. The number of nitrogens with zero attached hydrogens (tertiary/aromatic N) is 1. The van der Waals surface area contributed by atoms with Crippen molar-refractivity contribution in [2.24, 2.45) is 0 Å². The number of nitrogens with one attached hydrogen (secondary N) is 1. The van der Waals surface area contributed by atoms with Gasteiger partial charge in [-0.05, 0) is 67.9 Å². The zero-order chi connectivity index (χ0) is 23.2. The molecule has 2 saturated heterocycles. The summed E-state index contributed by atoms with van der Waals surface area (Å²) in [5.74, 6) is 0.0700. The van der Waals surface area contributed by atoms with Gasteiger partial charge in [-0.15, -0.1) is 10.7 Å². The fourth-order valence-electron chi connectivity index (χ4n) is 4.79. The van der Waals surface area contributed by atoms with E-state index in [4.69, 9.17) is 4.74 Å². The summed E-state index contributed by atoms with van der Waals surface area (Å²) in [5.41, 5.74) is 4.06. The van der Waals surface area contributed by atoms with Gasteiger partial charge >= 0.3 is 6.18 Å². The van der Waals surface area contributed by atoms with Gasteiger partial charge in [-0.2, -0.15) is 13.2 Å². The van der Waals surface area contributed by atoms with Crippen molar-refractivity contribution >= 4 is 21.9 Å². The number of benzene rings is 1. The van der Waals surface area contributed by atoms with Crippen LogP contribution < -0.4 is 5.48 Å². The molecule has 1 amide bonds. The average Bonchev–Trinajstić information content (AvgIpc) is 2.80. The molecule has 9 heteroatoms. The van der Waals surface area contributed by atoms with Gasteiger partial charge in [-0.1, -0.05) is 24.3 Å². The number of ether oxygens (including phenoxy) is 1. The zero-order valence-corrected chi connectivity index (χ0v) is 19.3. The SMILES string of the molecule is C/C=S(\N1CCC(c2ccc(CCCC(F)(F)F)cc2)CC1)C1(C(=O)NO)CCOCC1. The molecular weight excluding hydrogens is 441 g/mol. The van der Waals surface area contributed by atoms with E-state index >= 15 is 0 Å². The molecule has 0 aromatic heterocycles. The molecule has 0 saturated carbocycles. The van der Waals surface area contributed by atoms with Crippen molar-refractivity contribution in [1.29, 1.82) is 0 Å². The van der Waals surface area contributed by atoms with Crippen LogP contribution in [0.2, 0.25) is 0 Å². The molecule has 0 spiro atoms. The lowest BCUT2D eigenvalue weighted by molar-refractivity contribution is -0.135. The molecule has 2 aliphatic rings. The van der Waals surface area contributed by atoms with E-state index in [-0.39, 0.29) is 12.3 Å². The van der Waals surface area contributed by atoms with E-state index in [1.165, 1.54) is 5.56 Å². The number of alkyl halides is 3. The topological polar surface area (TPSA) is 61.8 Å². The Morgan fingerprint density at radius 3 is 2.41 bits per heavy atom. The van der Waals surface area contributed by atoms with Crippen LogP contribution in [0.4, 0.5) is 13.2 Å². The molecule has 0 radical (unpaired) electrons. The number of halogens is 3. The van der Waals surface area contributed by atoms with Crippen LogP contribution >= 0.6 is 10.7 Å². The van der Waals surface area contributed by atoms with Gasteiger partial charge < -0.3 is 4.74 Å². The molecule has 1 unspecified atom stereocenters. The number of carbonyl (C=O) groups is 1. The fourth-order valence-corrected chi connectivity index (χ4v) is 7.46. The summed E-state index contributed by atoms with van der Waals surface area (Å²) in [5, 5.41) is 11.5. The number of rotatable bonds is 7. The number of hydroxylamine groups is 1. The minimum atomic E-state index is -4.09. The van der Waals surface area contributed by atoms with E-state index in [2.05, 4.69) is 9.67 Å². The van der Waals surface area contributed by atoms with Crippen molar-refractivity contribution < 1.29 is 27.9 Å². The molecule has 5 nitrogen and oxygen atoms in total. The third-order valence-corrected chi connectivity index (χ3v) is 9.31. The molecule has 0 aliphatic carbocycles. The van der Waals surface area contributed by atoms with E-state index in [0.29, 0.717) is 38.4 Å². The summed E-state index contributed by atoms with van der Waals surface area (Å²) in [6, 6.07) is 8.00. The van der Waals surface area contributed by atoms with Gasteiger partial charge in [0.1, 0.15) is 4.75 Å². The van der Waals surface area contributed by atoms with Crippen LogP contribution in [0, 0.1) is 0 Å². The number of carbonyl (C=O) groups excluding carboxylic acids is 1. The second kappa shape index (κ2) is 11.1. The van der Waals surface area contributed by atoms with E-state index in [1.54, 1.807) is 0 Å². The lowest BCUT2D eigenvalue weighted by atomic mass is 9.89. The Balaban J connectivity index is 1.59. The molecule has 32 heavy (non-hydrogen) atoms.